The van der Waals surface area contributed by atoms with Gasteiger partial charge in [0.05, 0.1) is 12.2 Å². The zero-order chi connectivity index (χ0) is 8.55. The monoisotopic (exact) mass is 171 g/mol. The van der Waals surface area contributed by atoms with Crippen molar-refractivity contribution < 1.29 is 10.2 Å². The third kappa shape index (κ3) is 1.49. The molecule has 2 rings (SSSR count). The summed E-state index contributed by atoms with van der Waals surface area (Å²) in [4.78, 5) is 0. The number of hydrogen-bond acceptors (Lipinski definition) is 3. The summed E-state index contributed by atoms with van der Waals surface area (Å²) in [5, 5.41) is 22.4. The van der Waals surface area contributed by atoms with Gasteiger partial charge >= 0.3 is 0 Å². The second-order valence-electron chi connectivity index (χ2n) is 4.11. The predicted octanol–water partition coefficient (Wildman–Crippen LogP) is -0.272. The highest BCUT2D eigenvalue weighted by atomic mass is 16.3. The molecule has 0 spiro atoms. The van der Waals surface area contributed by atoms with Crippen molar-refractivity contribution in [1.29, 1.82) is 0 Å². The summed E-state index contributed by atoms with van der Waals surface area (Å²) in [6, 6.07) is 0. The minimum absolute atomic E-state index is 0.264. The molecule has 0 amide bonds. The number of aliphatic hydroxyl groups is 2. The van der Waals surface area contributed by atoms with Crippen molar-refractivity contribution in [3.05, 3.63) is 0 Å². The van der Waals surface area contributed by atoms with Gasteiger partial charge in [-0.2, -0.15) is 0 Å². The molecule has 2 fully saturated rings. The van der Waals surface area contributed by atoms with Crippen LogP contribution in [0.4, 0.5) is 0 Å². The molecule has 0 aromatic heterocycles. The highest BCUT2D eigenvalue weighted by molar-refractivity contribution is 4.89. The van der Waals surface area contributed by atoms with Gasteiger partial charge in [0.25, 0.3) is 0 Å². The van der Waals surface area contributed by atoms with Crippen molar-refractivity contribution in [2.75, 3.05) is 13.1 Å². The molecule has 4 atom stereocenters. The molecular formula is C9H17NO2. The van der Waals surface area contributed by atoms with Crippen LogP contribution in [0, 0.1) is 11.8 Å². The lowest BCUT2D eigenvalue weighted by atomic mass is 9.73. The van der Waals surface area contributed by atoms with Crippen molar-refractivity contribution in [1.82, 2.24) is 5.32 Å². The third-order valence-corrected chi connectivity index (χ3v) is 3.26. The van der Waals surface area contributed by atoms with Gasteiger partial charge in [-0.3, -0.25) is 0 Å². The van der Waals surface area contributed by atoms with E-state index in [2.05, 4.69) is 5.32 Å². The third-order valence-electron chi connectivity index (χ3n) is 3.26. The fraction of sp³-hybridized carbons (Fsp3) is 1.00. The summed E-state index contributed by atoms with van der Waals surface area (Å²) in [6.07, 6.45) is 2.02. The van der Waals surface area contributed by atoms with Gasteiger partial charge in [-0.05, 0) is 31.7 Å². The molecule has 0 aromatic rings. The molecule has 1 saturated carbocycles. The molecule has 3 N–H and O–H groups in total. The van der Waals surface area contributed by atoms with Gasteiger partial charge in [-0.25, -0.2) is 0 Å². The average Bonchev–Trinajstić information content (AvgIpc) is 2.04. The minimum atomic E-state index is -0.286. The van der Waals surface area contributed by atoms with Gasteiger partial charge in [0, 0.05) is 12.5 Å². The summed E-state index contributed by atoms with van der Waals surface area (Å²) in [5.74, 6) is 0.937. The molecule has 1 saturated heterocycles. The Morgan fingerprint density at radius 3 is 2.83 bits per heavy atom. The summed E-state index contributed by atoms with van der Waals surface area (Å²) in [5.41, 5.74) is 0. The number of fused-ring (bicyclic) bond motifs is 1. The van der Waals surface area contributed by atoms with Crippen molar-refractivity contribution in [3.8, 4) is 0 Å². The van der Waals surface area contributed by atoms with E-state index in [0.717, 1.165) is 25.9 Å². The van der Waals surface area contributed by atoms with Crippen LogP contribution in [0.5, 0.6) is 0 Å². The zero-order valence-electron chi connectivity index (χ0n) is 7.24. The Kier molecular flexibility index (Phi) is 2.35. The van der Waals surface area contributed by atoms with E-state index < -0.39 is 0 Å². The van der Waals surface area contributed by atoms with Gasteiger partial charge in [0.2, 0.25) is 0 Å². The van der Waals surface area contributed by atoms with Crippen LogP contribution in [0.1, 0.15) is 19.3 Å². The van der Waals surface area contributed by atoms with Gasteiger partial charge in [-0.1, -0.05) is 0 Å². The first kappa shape index (κ1) is 8.48. The van der Waals surface area contributed by atoms with Crippen LogP contribution in [0.25, 0.3) is 0 Å². The Bertz CT molecular complexity index is 163. The normalized spacial score (nSPS) is 48.5. The molecule has 12 heavy (non-hydrogen) atoms. The van der Waals surface area contributed by atoms with Crippen LogP contribution < -0.4 is 5.32 Å². The molecule has 3 heteroatoms. The van der Waals surface area contributed by atoms with E-state index in [1.54, 1.807) is 0 Å². The van der Waals surface area contributed by atoms with Crippen LogP contribution in [-0.2, 0) is 0 Å². The molecule has 0 bridgehead atoms. The Morgan fingerprint density at radius 2 is 2.00 bits per heavy atom. The Morgan fingerprint density at radius 1 is 1.17 bits per heavy atom. The van der Waals surface area contributed by atoms with E-state index in [1.165, 1.54) is 0 Å². The molecule has 1 heterocycles. The van der Waals surface area contributed by atoms with Crippen LogP contribution in [-0.4, -0.2) is 35.5 Å². The van der Waals surface area contributed by atoms with Crippen LogP contribution in [0.3, 0.4) is 0 Å². The summed E-state index contributed by atoms with van der Waals surface area (Å²) >= 11 is 0. The quantitative estimate of drug-likeness (QED) is 0.470. The second-order valence-corrected chi connectivity index (χ2v) is 4.11. The van der Waals surface area contributed by atoms with Gasteiger partial charge < -0.3 is 15.5 Å². The number of rotatable bonds is 0. The van der Waals surface area contributed by atoms with Crippen LogP contribution >= 0.6 is 0 Å². The number of piperidine rings is 1. The molecule has 0 aromatic carbocycles. The first-order valence-electron chi connectivity index (χ1n) is 4.84. The standard InChI is InChI=1S/C9H17NO2/c11-7-3-6-1-2-10-5-8(6)9(12)4-7/h6-12H,1-5H2. The molecule has 1 aliphatic carbocycles. The lowest BCUT2D eigenvalue weighted by molar-refractivity contribution is -0.0410. The topological polar surface area (TPSA) is 52.5 Å². The van der Waals surface area contributed by atoms with Crippen molar-refractivity contribution in [2.45, 2.75) is 31.5 Å². The fourth-order valence-electron chi connectivity index (χ4n) is 2.58. The Labute approximate surface area is 72.8 Å². The molecule has 0 radical (unpaired) electrons. The van der Waals surface area contributed by atoms with Gasteiger partial charge in [0.1, 0.15) is 0 Å². The molecule has 1 aliphatic heterocycles. The van der Waals surface area contributed by atoms with Crippen molar-refractivity contribution in [3.63, 3.8) is 0 Å². The van der Waals surface area contributed by atoms with Gasteiger partial charge in [-0.15, -0.1) is 0 Å². The van der Waals surface area contributed by atoms with E-state index in [-0.39, 0.29) is 12.2 Å². The van der Waals surface area contributed by atoms with E-state index >= 15 is 0 Å². The number of hydrogen-bond donors (Lipinski definition) is 3. The summed E-state index contributed by atoms with van der Waals surface area (Å²) in [6.45, 7) is 1.97. The molecule has 4 unspecified atom stereocenters. The maximum Gasteiger partial charge on any atom is 0.0607 e. The first-order valence-corrected chi connectivity index (χ1v) is 4.84. The van der Waals surface area contributed by atoms with Crippen LogP contribution in [0.15, 0.2) is 0 Å². The first-order chi connectivity index (χ1) is 5.77. The van der Waals surface area contributed by atoms with E-state index in [9.17, 15) is 10.2 Å². The highest BCUT2D eigenvalue weighted by Gasteiger charge is 2.37. The lowest BCUT2D eigenvalue weighted by Crippen LogP contribution is -2.48. The predicted molar refractivity (Wildman–Crippen MR) is 45.7 cm³/mol. The van der Waals surface area contributed by atoms with Crippen LogP contribution in [0.2, 0.25) is 0 Å². The molecule has 3 nitrogen and oxygen atoms in total. The number of nitrogens with one attached hydrogen (secondary N) is 1. The van der Waals surface area contributed by atoms with Crippen molar-refractivity contribution >= 4 is 0 Å². The summed E-state index contributed by atoms with van der Waals surface area (Å²) in [7, 11) is 0. The van der Waals surface area contributed by atoms with E-state index in [0.29, 0.717) is 18.3 Å². The fourth-order valence-corrected chi connectivity index (χ4v) is 2.58. The zero-order valence-corrected chi connectivity index (χ0v) is 7.24. The summed E-state index contributed by atoms with van der Waals surface area (Å²) < 4.78 is 0. The van der Waals surface area contributed by atoms with Crippen molar-refractivity contribution in [2.24, 2.45) is 11.8 Å². The smallest absolute Gasteiger partial charge is 0.0607 e. The maximum atomic E-state index is 9.67. The minimum Gasteiger partial charge on any atom is -0.393 e. The average molecular weight is 171 g/mol. The molecular weight excluding hydrogens is 154 g/mol. The SMILES string of the molecule is OC1CC(O)C2CNCCC2C1. The second kappa shape index (κ2) is 3.32. The number of aliphatic hydroxyl groups excluding tert-OH is 2. The highest BCUT2D eigenvalue weighted by Crippen LogP contribution is 2.34. The Balaban J connectivity index is 2.01. The lowest BCUT2D eigenvalue weighted by Gasteiger charge is -2.41. The van der Waals surface area contributed by atoms with E-state index in [1.807, 2.05) is 0 Å². The molecule has 2 aliphatic rings. The van der Waals surface area contributed by atoms with Gasteiger partial charge in [0.15, 0.2) is 0 Å². The Hall–Kier alpha value is -0.120. The maximum absolute atomic E-state index is 9.67. The molecule has 70 valence electrons. The van der Waals surface area contributed by atoms with E-state index in [4.69, 9.17) is 0 Å². The largest absolute Gasteiger partial charge is 0.393 e.